The SMILES string of the molecule is O=C(CN1CCN(Cc2ccc(Cl)cc2)CC1)N/N=C/c1cc(Br)ccc1O. The predicted molar refractivity (Wildman–Crippen MR) is 115 cm³/mol. The number of carbonyl (C=O) groups excluding carboxylic acids is 1. The third-order valence-corrected chi connectivity index (χ3v) is 5.28. The van der Waals surface area contributed by atoms with Crippen LogP contribution in [0, 0.1) is 0 Å². The van der Waals surface area contributed by atoms with Crippen LogP contribution in [0.15, 0.2) is 52.0 Å². The standard InChI is InChI=1S/C20H22BrClN4O2/c21-17-3-6-19(27)16(11-17)12-23-24-20(28)14-26-9-7-25(8-10-26)13-15-1-4-18(22)5-2-15/h1-6,11-12,27H,7-10,13-14H2,(H,24,28)/b23-12+. The van der Waals surface area contributed by atoms with Gasteiger partial charge in [-0.3, -0.25) is 14.6 Å². The minimum atomic E-state index is -0.170. The van der Waals surface area contributed by atoms with Gasteiger partial charge in [0.05, 0.1) is 12.8 Å². The monoisotopic (exact) mass is 464 g/mol. The van der Waals surface area contributed by atoms with Crippen LogP contribution in [-0.4, -0.2) is 59.8 Å². The van der Waals surface area contributed by atoms with E-state index in [4.69, 9.17) is 11.6 Å². The Labute approximate surface area is 177 Å². The molecule has 0 aliphatic carbocycles. The largest absolute Gasteiger partial charge is 0.507 e. The van der Waals surface area contributed by atoms with Gasteiger partial charge >= 0.3 is 0 Å². The molecule has 3 rings (SSSR count). The van der Waals surface area contributed by atoms with E-state index in [0.29, 0.717) is 12.1 Å². The second-order valence-electron chi connectivity index (χ2n) is 6.68. The number of aromatic hydroxyl groups is 1. The number of phenols is 1. The lowest BCUT2D eigenvalue weighted by Crippen LogP contribution is -2.48. The van der Waals surface area contributed by atoms with E-state index < -0.39 is 0 Å². The van der Waals surface area contributed by atoms with Crippen LogP contribution >= 0.6 is 27.5 Å². The highest BCUT2D eigenvalue weighted by Crippen LogP contribution is 2.20. The van der Waals surface area contributed by atoms with Gasteiger partial charge in [-0.2, -0.15) is 5.10 Å². The number of hydrazone groups is 1. The first-order chi connectivity index (χ1) is 13.5. The van der Waals surface area contributed by atoms with Crippen LogP contribution < -0.4 is 5.43 Å². The summed E-state index contributed by atoms with van der Waals surface area (Å²) in [6.45, 7) is 4.67. The fourth-order valence-corrected chi connectivity index (χ4v) is 3.50. The number of hydrogen-bond acceptors (Lipinski definition) is 5. The van der Waals surface area contributed by atoms with Gasteiger partial charge in [0.25, 0.3) is 5.91 Å². The van der Waals surface area contributed by atoms with Crippen LogP contribution in [0.3, 0.4) is 0 Å². The average molecular weight is 466 g/mol. The lowest BCUT2D eigenvalue weighted by atomic mass is 10.2. The number of nitrogens with one attached hydrogen (secondary N) is 1. The average Bonchev–Trinajstić information content (AvgIpc) is 2.68. The highest BCUT2D eigenvalue weighted by atomic mass is 79.9. The molecule has 0 atom stereocenters. The molecule has 0 spiro atoms. The maximum absolute atomic E-state index is 12.1. The number of nitrogens with zero attached hydrogens (tertiary/aromatic N) is 3. The van der Waals surface area contributed by atoms with E-state index in [9.17, 15) is 9.90 Å². The summed E-state index contributed by atoms with van der Waals surface area (Å²) in [4.78, 5) is 16.6. The summed E-state index contributed by atoms with van der Waals surface area (Å²) in [5.74, 6) is -0.0603. The third kappa shape index (κ3) is 6.31. The highest BCUT2D eigenvalue weighted by Gasteiger charge is 2.18. The van der Waals surface area contributed by atoms with Crippen molar-refractivity contribution in [1.82, 2.24) is 15.2 Å². The second-order valence-corrected chi connectivity index (χ2v) is 8.03. The number of amides is 1. The molecule has 1 saturated heterocycles. The minimum absolute atomic E-state index is 0.109. The summed E-state index contributed by atoms with van der Waals surface area (Å²) in [5, 5.41) is 14.4. The van der Waals surface area contributed by atoms with E-state index in [0.717, 1.165) is 42.2 Å². The molecule has 1 heterocycles. The van der Waals surface area contributed by atoms with Crippen molar-refractivity contribution in [3.63, 3.8) is 0 Å². The lowest BCUT2D eigenvalue weighted by molar-refractivity contribution is -0.122. The summed E-state index contributed by atoms with van der Waals surface area (Å²) in [6.07, 6.45) is 1.43. The number of piperazine rings is 1. The van der Waals surface area contributed by atoms with Crippen molar-refractivity contribution in [1.29, 1.82) is 0 Å². The molecule has 0 saturated carbocycles. The van der Waals surface area contributed by atoms with Crippen molar-refractivity contribution < 1.29 is 9.90 Å². The summed E-state index contributed by atoms with van der Waals surface area (Å²) in [5.41, 5.74) is 4.29. The van der Waals surface area contributed by atoms with E-state index in [1.807, 2.05) is 24.3 Å². The Morgan fingerprint density at radius 1 is 1.14 bits per heavy atom. The zero-order valence-electron chi connectivity index (χ0n) is 15.3. The Bertz CT molecular complexity index is 837. The smallest absolute Gasteiger partial charge is 0.254 e. The van der Waals surface area contributed by atoms with Crippen molar-refractivity contribution in [3.05, 3.63) is 63.1 Å². The molecule has 1 fully saturated rings. The molecule has 148 valence electrons. The van der Waals surface area contributed by atoms with Gasteiger partial charge in [-0.1, -0.05) is 39.7 Å². The van der Waals surface area contributed by atoms with Gasteiger partial charge in [0.2, 0.25) is 0 Å². The zero-order chi connectivity index (χ0) is 19.9. The van der Waals surface area contributed by atoms with Gasteiger partial charge in [0.15, 0.2) is 0 Å². The molecule has 0 bridgehead atoms. The quantitative estimate of drug-likeness (QED) is 0.508. The summed E-state index contributed by atoms with van der Waals surface area (Å²) >= 11 is 9.26. The van der Waals surface area contributed by atoms with Crippen molar-refractivity contribution in [2.75, 3.05) is 32.7 Å². The first kappa shape index (κ1) is 20.8. The Kier molecular flexibility index (Phi) is 7.44. The number of phenolic OH excluding ortho intramolecular Hbond substituents is 1. The molecule has 28 heavy (non-hydrogen) atoms. The molecule has 1 amide bonds. The van der Waals surface area contributed by atoms with Crippen LogP contribution in [0.4, 0.5) is 0 Å². The summed E-state index contributed by atoms with van der Waals surface area (Å²) in [7, 11) is 0. The van der Waals surface area contributed by atoms with Crippen molar-refractivity contribution in [3.8, 4) is 5.75 Å². The van der Waals surface area contributed by atoms with E-state index in [2.05, 4.69) is 36.3 Å². The maximum Gasteiger partial charge on any atom is 0.254 e. The molecule has 2 N–H and O–H groups in total. The van der Waals surface area contributed by atoms with Crippen LogP contribution in [0.25, 0.3) is 0 Å². The highest BCUT2D eigenvalue weighted by molar-refractivity contribution is 9.10. The van der Waals surface area contributed by atoms with Gasteiger partial charge in [-0.15, -0.1) is 0 Å². The van der Waals surface area contributed by atoms with Gasteiger partial charge in [-0.05, 0) is 35.9 Å². The first-order valence-corrected chi connectivity index (χ1v) is 10.2. The molecule has 0 radical (unpaired) electrons. The van der Waals surface area contributed by atoms with Crippen molar-refractivity contribution in [2.24, 2.45) is 5.10 Å². The van der Waals surface area contributed by atoms with Crippen molar-refractivity contribution in [2.45, 2.75) is 6.54 Å². The first-order valence-electron chi connectivity index (χ1n) is 8.99. The molecule has 6 nitrogen and oxygen atoms in total. The predicted octanol–water partition coefficient (Wildman–Crippen LogP) is 3.08. The van der Waals surface area contributed by atoms with Crippen molar-refractivity contribution >= 4 is 39.7 Å². The van der Waals surface area contributed by atoms with Crippen LogP contribution in [-0.2, 0) is 11.3 Å². The van der Waals surface area contributed by atoms with Crippen LogP contribution in [0.2, 0.25) is 5.02 Å². The van der Waals surface area contributed by atoms with Gasteiger partial charge in [-0.25, -0.2) is 5.43 Å². The van der Waals surface area contributed by atoms with E-state index >= 15 is 0 Å². The van der Waals surface area contributed by atoms with E-state index in [1.165, 1.54) is 11.8 Å². The fraction of sp³-hybridized carbons (Fsp3) is 0.300. The second kappa shape index (κ2) is 10.0. The normalized spacial score (nSPS) is 15.8. The third-order valence-electron chi connectivity index (χ3n) is 4.53. The Morgan fingerprint density at radius 2 is 1.82 bits per heavy atom. The molecule has 0 unspecified atom stereocenters. The van der Waals surface area contributed by atoms with Gasteiger partial charge in [0.1, 0.15) is 5.75 Å². The summed E-state index contributed by atoms with van der Waals surface area (Å²) < 4.78 is 0.828. The van der Waals surface area contributed by atoms with E-state index in [-0.39, 0.29) is 11.7 Å². The molecule has 1 aliphatic rings. The minimum Gasteiger partial charge on any atom is -0.507 e. The topological polar surface area (TPSA) is 68.2 Å². The molecule has 2 aromatic rings. The fourth-order valence-electron chi connectivity index (χ4n) is 2.99. The number of carbonyl (C=O) groups is 1. The Balaban J connectivity index is 1.40. The molecular weight excluding hydrogens is 444 g/mol. The molecule has 0 aromatic heterocycles. The summed E-state index contributed by atoms with van der Waals surface area (Å²) in [6, 6.07) is 12.9. The number of rotatable bonds is 6. The maximum atomic E-state index is 12.1. The molecular formula is C20H22BrClN4O2. The molecule has 1 aliphatic heterocycles. The van der Waals surface area contributed by atoms with Crippen LogP contribution in [0.5, 0.6) is 5.75 Å². The number of halogens is 2. The molecule has 2 aromatic carbocycles. The Morgan fingerprint density at radius 3 is 2.54 bits per heavy atom. The van der Waals surface area contributed by atoms with Crippen LogP contribution in [0.1, 0.15) is 11.1 Å². The zero-order valence-corrected chi connectivity index (χ0v) is 17.7. The van der Waals surface area contributed by atoms with Gasteiger partial charge < -0.3 is 5.11 Å². The Hall–Kier alpha value is -1.93. The molecule has 8 heteroatoms. The lowest BCUT2D eigenvalue weighted by Gasteiger charge is -2.34. The number of benzene rings is 2. The van der Waals surface area contributed by atoms with E-state index in [1.54, 1.807) is 18.2 Å². The number of hydrogen-bond donors (Lipinski definition) is 2. The van der Waals surface area contributed by atoms with Gasteiger partial charge in [0, 0.05) is 47.8 Å².